The van der Waals surface area contributed by atoms with Crippen LogP contribution in [0.1, 0.15) is 12.8 Å². The number of hydrogen-bond donors (Lipinski definition) is 1. The maximum Gasteiger partial charge on any atom is 0.350 e. The summed E-state index contributed by atoms with van der Waals surface area (Å²) in [4.78, 5) is 47.6. The molecule has 0 atom stereocenters. The number of carbonyl (C=O) groups is 1. The van der Waals surface area contributed by atoms with Gasteiger partial charge in [-0.3, -0.25) is 29.3 Å². The molecule has 1 aliphatic heterocycles. The van der Waals surface area contributed by atoms with E-state index < -0.39 is 21.9 Å². The van der Waals surface area contributed by atoms with Gasteiger partial charge in [0.15, 0.2) is 0 Å². The SMILES string of the molecule is O=C(Cn1cc([N+](=O)[O-])c(=O)[nH]c1=O)N1CCCC1. The van der Waals surface area contributed by atoms with Crippen LogP contribution in [-0.4, -0.2) is 38.4 Å². The average Bonchev–Trinajstić information content (AvgIpc) is 2.85. The van der Waals surface area contributed by atoms with E-state index >= 15 is 0 Å². The molecule has 0 unspecified atom stereocenters. The first-order chi connectivity index (χ1) is 8.99. The van der Waals surface area contributed by atoms with Gasteiger partial charge in [-0.05, 0) is 12.8 Å². The second kappa shape index (κ2) is 5.04. The number of nitrogens with one attached hydrogen (secondary N) is 1. The Balaban J connectivity index is 2.27. The van der Waals surface area contributed by atoms with E-state index in [0.717, 1.165) is 23.6 Å². The molecular formula is C10H12N4O5. The van der Waals surface area contributed by atoms with Crippen molar-refractivity contribution >= 4 is 11.6 Å². The molecule has 1 amide bonds. The molecule has 9 heteroatoms. The Bertz CT molecular complexity index is 626. The van der Waals surface area contributed by atoms with E-state index in [9.17, 15) is 24.5 Å². The summed E-state index contributed by atoms with van der Waals surface area (Å²) in [5.41, 5.74) is -2.66. The van der Waals surface area contributed by atoms with Crippen molar-refractivity contribution in [3.8, 4) is 0 Å². The molecule has 1 fully saturated rings. The Morgan fingerprint density at radius 1 is 1.37 bits per heavy atom. The third-order valence-electron chi connectivity index (χ3n) is 2.95. The van der Waals surface area contributed by atoms with Crippen LogP contribution in [0, 0.1) is 10.1 Å². The van der Waals surface area contributed by atoms with Gasteiger partial charge in [0.1, 0.15) is 6.54 Å². The van der Waals surface area contributed by atoms with Gasteiger partial charge in [-0.25, -0.2) is 4.79 Å². The summed E-state index contributed by atoms with van der Waals surface area (Å²) >= 11 is 0. The Kier molecular flexibility index (Phi) is 3.45. The van der Waals surface area contributed by atoms with Crippen molar-refractivity contribution < 1.29 is 9.72 Å². The minimum Gasteiger partial charge on any atom is -0.341 e. The molecule has 0 saturated carbocycles. The maximum atomic E-state index is 11.8. The molecule has 9 nitrogen and oxygen atoms in total. The minimum absolute atomic E-state index is 0.291. The number of likely N-dealkylation sites (tertiary alicyclic amines) is 1. The van der Waals surface area contributed by atoms with Crippen molar-refractivity contribution in [3.63, 3.8) is 0 Å². The lowest BCUT2D eigenvalue weighted by molar-refractivity contribution is -0.386. The highest BCUT2D eigenvalue weighted by Gasteiger charge is 2.20. The van der Waals surface area contributed by atoms with Gasteiger partial charge in [0, 0.05) is 13.1 Å². The van der Waals surface area contributed by atoms with Crippen molar-refractivity contribution in [3.05, 3.63) is 37.1 Å². The largest absolute Gasteiger partial charge is 0.350 e. The highest BCUT2D eigenvalue weighted by molar-refractivity contribution is 5.76. The fourth-order valence-electron chi connectivity index (χ4n) is 1.96. The molecule has 0 radical (unpaired) electrons. The summed E-state index contributed by atoms with van der Waals surface area (Å²) in [6.45, 7) is 0.939. The third kappa shape index (κ3) is 2.69. The van der Waals surface area contributed by atoms with Crippen molar-refractivity contribution in [1.29, 1.82) is 0 Å². The summed E-state index contributed by atoms with van der Waals surface area (Å²) < 4.78 is 0.847. The second-order valence-corrected chi connectivity index (χ2v) is 4.25. The topological polar surface area (TPSA) is 118 Å². The first-order valence-corrected chi connectivity index (χ1v) is 5.75. The van der Waals surface area contributed by atoms with E-state index in [0.29, 0.717) is 13.1 Å². The zero-order valence-electron chi connectivity index (χ0n) is 10.00. The van der Waals surface area contributed by atoms with E-state index in [1.54, 1.807) is 4.90 Å². The number of aromatic nitrogens is 2. The van der Waals surface area contributed by atoms with Crippen LogP contribution in [0.4, 0.5) is 5.69 Å². The Morgan fingerprint density at radius 3 is 2.58 bits per heavy atom. The first-order valence-electron chi connectivity index (χ1n) is 5.75. The van der Waals surface area contributed by atoms with Crippen LogP contribution in [-0.2, 0) is 11.3 Å². The highest BCUT2D eigenvalue weighted by Crippen LogP contribution is 2.08. The van der Waals surface area contributed by atoms with Crippen molar-refractivity contribution in [2.45, 2.75) is 19.4 Å². The molecule has 1 N–H and O–H groups in total. The number of H-pyrrole nitrogens is 1. The summed E-state index contributed by atoms with van der Waals surface area (Å²) in [6, 6.07) is 0. The standard InChI is InChI=1S/C10H12N4O5/c15-8(12-3-1-2-4-12)6-13-5-7(14(18)19)9(16)11-10(13)17/h5H,1-4,6H2,(H,11,16,17). The van der Waals surface area contributed by atoms with Crippen LogP contribution in [0.15, 0.2) is 15.8 Å². The van der Waals surface area contributed by atoms with E-state index in [1.807, 2.05) is 4.98 Å². The lowest BCUT2D eigenvalue weighted by Gasteiger charge is -2.15. The predicted molar refractivity (Wildman–Crippen MR) is 63.8 cm³/mol. The Morgan fingerprint density at radius 2 is 2.00 bits per heavy atom. The van der Waals surface area contributed by atoms with Crippen molar-refractivity contribution in [2.75, 3.05) is 13.1 Å². The van der Waals surface area contributed by atoms with Crippen molar-refractivity contribution in [2.24, 2.45) is 0 Å². The number of hydrogen-bond acceptors (Lipinski definition) is 5. The fourth-order valence-corrected chi connectivity index (χ4v) is 1.96. The highest BCUT2D eigenvalue weighted by atomic mass is 16.6. The van der Waals surface area contributed by atoms with Crippen LogP contribution in [0.3, 0.4) is 0 Å². The molecule has 1 aromatic heterocycles. The number of amides is 1. The van der Waals surface area contributed by atoms with Gasteiger partial charge in [0.05, 0.1) is 11.1 Å². The summed E-state index contributed by atoms with van der Waals surface area (Å²) in [6.07, 6.45) is 2.62. The van der Waals surface area contributed by atoms with Crippen LogP contribution >= 0.6 is 0 Å². The van der Waals surface area contributed by atoms with E-state index in [2.05, 4.69) is 0 Å². The molecule has 2 rings (SSSR count). The maximum absolute atomic E-state index is 11.8. The smallest absolute Gasteiger partial charge is 0.341 e. The molecule has 1 aromatic rings. The monoisotopic (exact) mass is 268 g/mol. The second-order valence-electron chi connectivity index (χ2n) is 4.25. The molecule has 1 aliphatic rings. The molecule has 102 valence electrons. The van der Waals surface area contributed by atoms with Crippen LogP contribution in [0.25, 0.3) is 0 Å². The van der Waals surface area contributed by atoms with E-state index in [4.69, 9.17) is 0 Å². The van der Waals surface area contributed by atoms with Gasteiger partial charge in [0.25, 0.3) is 0 Å². The zero-order chi connectivity index (χ0) is 14.0. The van der Waals surface area contributed by atoms with Gasteiger partial charge >= 0.3 is 16.9 Å². The van der Waals surface area contributed by atoms with E-state index in [1.165, 1.54) is 0 Å². The Labute approximate surface area is 106 Å². The summed E-state index contributed by atoms with van der Waals surface area (Å²) in [5.74, 6) is -0.291. The van der Waals surface area contributed by atoms with Gasteiger partial charge in [-0.15, -0.1) is 0 Å². The first kappa shape index (κ1) is 13.0. The molecule has 1 saturated heterocycles. The fraction of sp³-hybridized carbons (Fsp3) is 0.500. The van der Waals surface area contributed by atoms with Crippen LogP contribution in [0.2, 0.25) is 0 Å². The summed E-state index contributed by atoms with van der Waals surface area (Å²) in [7, 11) is 0. The third-order valence-corrected chi connectivity index (χ3v) is 2.95. The lowest BCUT2D eigenvalue weighted by atomic mass is 10.4. The van der Waals surface area contributed by atoms with Crippen molar-refractivity contribution in [1.82, 2.24) is 14.5 Å². The normalized spacial score (nSPS) is 14.6. The number of aromatic amines is 1. The predicted octanol–water partition coefficient (Wildman–Crippen LogP) is -0.933. The summed E-state index contributed by atoms with van der Waals surface area (Å²) in [5, 5.41) is 10.6. The molecule has 0 spiro atoms. The average molecular weight is 268 g/mol. The van der Waals surface area contributed by atoms with Crippen LogP contribution in [0.5, 0.6) is 0 Å². The molecule has 0 bridgehead atoms. The molecule has 19 heavy (non-hydrogen) atoms. The van der Waals surface area contributed by atoms with Gasteiger partial charge in [-0.1, -0.05) is 0 Å². The van der Waals surface area contributed by atoms with E-state index in [-0.39, 0.29) is 12.5 Å². The molecule has 2 heterocycles. The molecule has 0 aromatic carbocycles. The van der Waals surface area contributed by atoms with Gasteiger partial charge < -0.3 is 4.90 Å². The Hall–Kier alpha value is -2.45. The van der Waals surface area contributed by atoms with Crippen LogP contribution < -0.4 is 11.2 Å². The zero-order valence-corrected chi connectivity index (χ0v) is 10.00. The quantitative estimate of drug-likeness (QED) is 0.561. The number of nitro groups is 1. The van der Waals surface area contributed by atoms with Gasteiger partial charge in [0.2, 0.25) is 5.91 Å². The number of carbonyl (C=O) groups excluding carboxylic acids is 1. The molecular weight excluding hydrogens is 256 g/mol. The number of nitrogens with zero attached hydrogens (tertiary/aromatic N) is 3. The van der Waals surface area contributed by atoms with Gasteiger partial charge in [-0.2, -0.15) is 0 Å². The lowest BCUT2D eigenvalue weighted by Crippen LogP contribution is -2.37. The number of rotatable bonds is 3. The minimum atomic E-state index is -1.07. The molecule has 0 aliphatic carbocycles.